The fourth-order valence-corrected chi connectivity index (χ4v) is 3.99. The highest BCUT2D eigenvalue weighted by molar-refractivity contribution is 7.89. The number of sulfonamides is 1. The summed E-state index contributed by atoms with van der Waals surface area (Å²) in [6.45, 7) is 3.37. The van der Waals surface area contributed by atoms with Crippen molar-refractivity contribution in [3.05, 3.63) is 46.7 Å². The number of ether oxygens (including phenoxy) is 1. The van der Waals surface area contributed by atoms with Crippen molar-refractivity contribution in [1.82, 2.24) is 10.0 Å². The van der Waals surface area contributed by atoms with E-state index in [1.165, 1.54) is 37.5 Å². The Kier molecular flexibility index (Phi) is 5.98. The molecule has 1 aromatic heterocycles. The Morgan fingerprint density at radius 3 is 2.38 bits per heavy atom. The highest BCUT2D eigenvalue weighted by atomic mass is 32.2. The summed E-state index contributed by atoms with van der Waals surface area (Å²) in [4.78, 5) is 13.3. The van der Waals surface area contributed by atoms with Crippen LogP contribution in [0.1, 0.15) is 24.8 Å². The van der Waals surface area contributed by atoms with Gasteiger partial charge in [-0.1, -0.05) is 6.07 Å². The van der Waals surface area contributed by atoms with E-state index in [2.05, 4.69) is 10.0 Å². The molecule has 0 saturated heterocycles. The molecule has 0 aliphatic rings. The second-order valence-electron chi connectivity index (χ2n) is 5.26. The summed E-state index contributed by atoms with van der Waals surface area (Å²) in [7, 11) is -2.28. The Morgan fingerprint density at radius 1 is 1.17 bits per heavy atom. The van der Waals surface area contributed by atoms with E-state index in [0.29, 0.717) is 5.75 Å². The van der Waals surface area contributed by atoms with Gasteiger partial charge >= 0.3 is 0 Å². The first-order chi connectivity index (χ1) is 11.3. The molecule has 24 heavy (non-hydrogen) atoms. The summed E-state index contributed by atoms with van der Waals surface area (Å²) in [6.07, 6.45) is 0. The fourth-order valence-electron chi connectivity index (χ4n) is 2.06. The zero-order chi connectivity index (χ0) is 17.7. The highest BCUT2D eigenvalue weighted by Gasteiger charge is 2.23. The van der Waals surface area contributed by atoms with Crippen molar-refractivity contribution in [2.75, 3.05) is 7.11 Å². The van der Waals surface area contributed by atoms with Crippen molar-refractivity contribution in [3.8, 4) is 5.75 Å². The molecule has 1 aromatic carbocycles. The number of carbonyl (C=O) groups is 1. The number of thiophene rings is 1. The average Bonchev–Trinajstić information content (AvgIpc) is 3.09. The first kappa shape index (κ1) is 18.4. The van der Waals surface area contributed by atoms with E-state index in [1.54, 1.807) is 12.1 Å². The molecule has 2 N–H and O–H groups in total. The Labute approximate surface area is 145 Å². The van der Waals surface area contributed by atoms with E-state index >= 15 is 0 Å². The van der Waals surface area contributed by atoms with Crippen LogP contribution in [0.4, 0.5) is 0 Å². The largest absolute Gasteiger partial charge is 0.497 e. The maximum Gasteiger partial charge on any atom is 0.241 e. The van der Waals surface area contributed by atoms with Gasteiger partial charge in [-0.15, -0.1) is 11.3 Å². The lowest BCUT2D eigenvalue weighted by Crippen LogP contribution is -2.45. The molecule has 2 rings (SSSR count). The van der Waals surface area contributed by atoms with Crippen LogP contribution in [0.15, 0.2) is 46.7 Å². The third-order valence-electron chi connectivity index (χ3n) is 3.42. The van der Waals surface area contributed by atoms with Gasteiger partial charge < -0.3 is 10.1 Å². The van der Waals surface area contributed by atoms with Gasteiger partial charge in [0.2, 0.25) is 15.9 Å². The highest BCUT2D eigenvalue weighted by Crippen LogP contribution is 2.18. The van der Waals surface area contributed by atoms with E-state index < -0.39 is 16.1 Å². The molecule has 0 aliphatic heterocycles. The third kappa shape index (κ3) is 4.56. The first-order valence-electron chi connectivity index (χ1n) is 7.33. The minimum atomic E-state index is -3.78. The van der Waals surface area contributed by atoms with Crippen LogP contribution >= 0.6 is 11.3 Å². The fraction of sp³-hybridized carbons (Fsp3) is 0.312. The summed E-state index contributed by atoms with van der Waals surface area (Å²) < 4.78 is 32.0. The molecule has 6 nitrogen and oxygen atoms in total. The van der Waals surface area contributed by atoms with Crippen molar-refractivity contribution in [2.45, 2.75) is 30.8 Å². The molecule has 0 spiro atoms. The molecular formula is C16H20N2O4S2. The molecule has 0 unspecified atom stereocenters. The number of carbonyl (C=O) groups excluding carboxylic acids is 1. The molecule has 1 heterocycles. The lowest BCUT2D eigenvalue weighted by molar-refractivity contribution is -0.122. The Hall–Kier alpha value is -1.90. The van der Waals surface area contributed by atoms with Gasteiger partial charge in [0, 0.05) is 4.88 Å². The van der Waals surface area contributed by atoms with E-state index in [1.807, 2.05) is 24.4 Å². The molecule has 8 heteroatoms. The number of hydrogen-bond acceptors (Lipinski definition) is 5. The monoisotopic (exact) mass is 368 g/mol. The molecule has 2 atom stereocenters. The summed E-state index contributed by atoms with van der Waals surface area (Å²) in [5.74, 6) is 0.178. The molecule has 0 aliphatic carbocycles. The minimum Gasteiger partial charge on any atom is -0.497 e. The van der Waals surface area contributed by atoms with Crippen LogP contribution in [0.25, 0.3) is 0 Å². The van der Waals surface area contributed by atoms with Crippen molar-refractivity contribution < 1.29 is 17.9 Å². The number of rotatable bonds is 7. The predicted molar refractivity (Wildman–Crippen MR) is 93.7 cm³/mol. The molecule has 0 radical (unpaired) electrons. The first-order valence-corrected chi connectivity index (χ1v) is 9.70. The number of benzene rings is 1. The van der Waals surface area contributed by atoms with Crippen molar-refractivity contribution in [3.63, 3.8) is 0 Å². The van der Waals surface area contributed by atoms with Crippen LogP contribution in [0, 0.1) is 0 Å². The maximum absolute atomic E-state index is 12.3. The van der Waals surface area contributed by atoms with Crippen LogP contribution in [0.3, 0.4) is 0 Å². The van der Waals surface area contributed by atoms with Gasteiger partial charge in [0.1, 0.15) is 5.75 Å². The van der Waals surface area contributed by atoms with Crippen LogP contribution in [0.2, 0.25) is 0 Å². The Bertz CT molecular complexity index is 771. The Morgan fingerprint density at radius 2 is 1.83 bits per heavy atom. The number of nitrogens with one attached hydrogen (secondary N) is 2. The van der Waals surface area contributed by atoms with Crippen LogP contribution in [0.5, 0.6) is 5.75 Å². The maximum atomic E-state index is 12.3. The van der Waals surface area contributed by atoms with E-state index in [-0.39, 0.29) is 16.8 Å². The van der Waals surface area contributed by atoms with Crippen molar-refractivity contribution in [1.29, 1.82) is 0 Å². The van der Waals surface area contributed by atoms with Crippen LogP contribution in [-0.2, 0) is 14.8 Å². The smallest absolute Gasteiger partial charge is 0.241 e. The van der Waals surface area contributed by atoms with Gasteiger partial charge in [-0.2, -0.15) is 4.72 Å². The standard InChI is InChI=1S/C16H20N2O4S2/c1-11(15-5-4-10-23-15)17-16(19)12(2)18-24(20,21)14-8-6-13(22-3)7-9-14/h4-12,18H,1-3H3,(H,17,19)/t11-,12-/m0/s1. The van der Waals surface area contributed by atoms with Crippen molar-refractivity contribution >= 4 is 27.3 Å². The summed E-state index contributed by atoms with van der Waals surface area (Å²) in [6, 6.07) is 8.72. The molecular weight excluding hydrogens is 348 g/mol. The molecule has 2 aromatic rings. The van der Waals surface area contributed by atoms with Crippen LogP contribution < -0.4 is 14.8 Å². The number of hydrogen-bond donors (Lipinski definition) is 2. The van der Waals surface area contributed by atoms with Gasteiger partial charge in [-0.3, -0.25) is 4.79 Å². The second-order valence-corrected chi connectivity index (χ2v) is 7.96. The van der Waals surface area contributed by atoms with E-state index in [4.69, 9.17) is 4.74 Å². The third-order valence-corrected chi connectivity index (χ3v) is 6.04. The molecule has 1 amide bonds. The quantitative estimate of drug-likeness (QED) is 0.785. The number of amides is 1. The lowest BCUT2D eigenvalue weighted by atomic mass is 10.2. The molecule has 0 saturated carbocycles. The molecule has 130 valence electrons. The average molecular weight is 368 g/mol. The molecule has 0 bridgehead atoms. The minimum absolute atomic E-state index is 0.0780. The summed E-state index contributed by atoms with van der Waals surface area (Å²) in [5.41, 5.74) is 0. The second kappa shape index (κ2) is 7.78. The lowest BCUT2D eigenvalue weighted by Gasteiger charge is -2.18. The summed E-state index contributed by atoms with van der Waals surface area (Å²) in [5, 5.41) is 4.72. The van der Waals surface area contributed by atoms with Gasteiger partial charge in [-0.25, -0.2) is 8.42 Å². The Balaban J connectivity index is 2.01. The van der Waals surface area contributed by atoms with Gasteiger partial charge in [0.25, 0.3) is 0 Å². The van der Waals surface area contributed by atoms with E-state index in [0.717, 1.165) is 4.88 Å². The van der Waals surface area contributed by atoms with E-state index in [9.17, 15) is 13.2 Å². The SMILES string of the molecule is COc1ccc(S(=O)(=O)N[C@@H](C)C(=O)N[C@@H](C)c2cccs2)cc1. The normalized spacial score (nSPS) is 14.0. The van der Waals surface area contributed by atoms with Crippen LogP contribution in [-0.4, -0.2) is 27.5 Å². The van der Waals surface area contributed by atoms with Crippen molar-refractivity contribution in [2.24, 2.45) is 0 Å². The van der Waals surface area contributed by atoms with Gasteiger partial charge in [-0.05, 0) is 49.6 Å². The molecule has 0 fully saturated rings. The topological polar surface area (TPSA) is 84.5 Å². The zero-order valence-electron chi connectivity index (χ0n) is 13.6. The van der Waals surface area contributed by atoms with Gasteiger partial charge in [0.15, 0.2) is 0 Å². The predicted octanol–water partition coefficient (Wildman–Crippen LogP) is 2.30. The summed E-state index contributed by atoms with van der Waals surface area (Å²) >= 11 is 1.53. The van der Waals surface area contributed by atoms with Gasteiger partial charge in [0.05, 0.1) is 24.1 Å². The number of methoxy groups -OCH3 is 1. The zero-order valence-corrected chi connectivity index (χ0v) is 15.3.